The molecule has 0 fully saturated rings. The molecule has 8 heteroatoms. The van der Waals surface area contributed by atoms with Gasteiger partial charge in [0.25, 0.3) is 5.91 Å². The van der Waals surface area contributed by atoms with Gasteiger partial charge in [0.2, 0.25) is 0 Å². The van der Waals surface area contributed by atoms with Crippen LogP contribution >= 0.6 is 0 Å². The van der Waals surface area contributed by atoms with Crippen LogP contribution in [-0.4, -0.2) is 32.7 Å². The van der Waals surface area contributed by atoms with E-state index in [0.717, 1.165) is 4.90 Å². The van der Waals surface area contributed by atoms with Crippen molar-refractivity contribution in [2.24, 2.45) is 7.05 Å². The van der Waals surface area contributed by atoms with Gasteiger partial charge in [-0.05, 0) is 29.9 Å². The zero-order valence-corrected chi connectivity index (χ0v) is 14.2. The van der Waals surface area contributed by atoms with E-state index in [9.17, 15) is 9.90 Å². The minimum atomic E-state index is -1.02. The van der Waals surface area contributed by atoms with E-state index >= 15 is 0 Å². The third kappa shape index (κ3) is 3.16. The first-order chi connectivity index (χ1) is 11.5. The van der Waals surface area contributed by atoms with Gasteiger partial charge in [-0.25, -0.2) is 4.72 Å². The number of carbonyl (C=O) groups excluding carboxylic acids is 1. The van der Waals surface area contributed by atoms with Crippen molar-refractivity contribution in [1.29, 1.82) is 4.78 Å². The summed E-state index contributed by atoms with van der Waals surface area (Å²) >= 11 is 0. The van der Waals surface area contributed by atoms with E-state index in [1.54, 1.807) is 55.3 Å². The van der Waals surface area contributed by atoms with E-state index in [2.05, 4.69) is 15.0 Å². The Kier molecular flexibility index (Phi) is 4.61. The highest BCUT2D eigenvalue weighted by Crippen LogP contribution is 2.26. The number of aromatic nitrogens is 2. The molecule has 0 aromatic carbocycles. The van der Waals surface area contributed by atoms with Crippen molar-refractivity contribution >= 4 is 28.5 Å². The number of nitrogens with zero attached hydrogens (tertiary/aromatic N) is 2. The van der Waals surface area contributed by atoms with E-state index in [4.69, 9.17) is 4.78 Å². The Bertz CT molecular complexity index is 813. The SMILES string of the molecule is CC(O)C1C=Cc2c(cn(C)c2C(=O)Nc2ccncc2)S(=N)N1. The van der Waals surface area contributed by atoms with E-state index < -0.39 is 17.0 Å². The van der Waals surface area contributed by atoms with Crippen molar-refractivity contribution in [3.05, 3.63) is 48.1 Å². The fourth-order valence-corrected chi connectivity index (χ4v) is 3.87. The van der Waals surface area contributed by atoms with Crippen molar-refractivity contribution in [2.75, 3.05) is 5.32 Å². The van der Waals surface area contributed by atoms with Crippen molar-refractivity contribution in [3.8, 4) is 0 Å². The molecule has 126 valence electrons. The molecule has 3 heterocycles. The maximum Gasteiger partial charge on any atom is 0.272 e. The molecule has 0 aliphatic carbocycles. The molecule has 1 aliphatic heterocycles. The van der Waals surface area contributed by atoms with Gasteiger partial charge in [0.1, 0.15) is 5.69 Å². The van der Waals surface area contributed by atoms with E-state index in [-0.39, 0.29) is 11.9 Å². The molecule has 1 amide bonds. The van der Waals surface area contributed by atoms with Crippen molar-refractivity contribution in [3.63, 3.8) is 0 Å². The summed E-state index contributed by atoms with van der Waals surface area (Å²) in [6, 6.07) is 3.12. The molecular weight excluding hydrogens is 326 g/mol. The normalized spacial score (nSPS) is 21.0. The number of amides is 1. The largest absolute Gasteiger partial charge is 0.391 e. The summed E-state index contributed by atoms with van der Waals surface area (Å²) in [6.45, 7) is 1.67. The third-order valence-electron chi connectivity index (χ3n) is 3.80. The molecule has 0 saturated heterocycles. The number of anilines is 1. The van der Waals surface area contributed by atoms with Gasteiger partial charge in [-0.15, -0.1) is 0 Å². The Morgan fingerprint density at radius 3 is 2.88 bits per heavy atom. The van der Waals surface area contributed by atoms with Crippen LogP contribution in [0.2, 0.25) is 0 Å². The summed E-state index contributed by atoms with van der Waals surface area (Å²) in [7, 11) is 0.766. The molecule has 4 N–H and O–H groups in total. The van der Waals surface area contributed by atoms with Gasteiger partial charge >= 0.3 is 0 Å². The number of nitrogens with one attached hydrogen (secondary N) is 3. The lowest BCUT2D eigenvalue weighted by atomic mass is 10.1. The smallest absolute Gasteiger partial charge is 0.272 e. The Balaban J connectivity index is 1.97. The highest BCUT2D eigenvalue weighted by Gasteiger charge is 2.25. The highest BCUT2D eigenvalue weighted by molar-refractivity contribution is 7.84. The number of fused-ring (bicyclic) bond motifs is 1. The summed E-state index contributed by atoms with van der Waals surface area (Å²) in [4.78, 5) is 17.3. The zero-order chi connectivity index (χ0) is 17.3. The van der Waals surface area contributed by atoms with Crippen LogP contribution in [0.5, 0.6) is 0 Å². The van der Waals surface area contributed by atoms with Crippen molar-refractivity contribution in [1.82, 2.24) is 14.3 Å². The second kappa shape index (κ2) is 6.68. The molecule has 0 bridgehead atoms. The molecular formula is C16H19N5O2S. The molecule has 3 unspecified atom stereocenters. The summed E-state index contributed by atoms with van der Waals surface area (Å²) in [5.41, 5.74) is 1.85. The fourth-order valence-electron chi connectivity index (χ4n) is 2.55. The molecule has 7 nitrogen and oxygen atoms in total. The number of rotatable bonds is 3. The van der Waals surface area contributed by atoms with Crippen LogP contribution in [0.3, 0.4) is 0 Å². The fraction of sp³-hybridized carbons (Fsp3) is 0.250. The number of aliphatic hydroxyl groups is 1. The van der Waals surface area contributed by atoms with Crippen LogP contribution in [0.1, 0.15) is 23.0 Å². The van der Waals surface area contributed by atoms with Gasteiger partial charge in [0.05, 0.1) is 17.0 Å². The van der Waals surface area contributed by atoms with E-state index in [1.165, 1.54) is 0 Å². The average molecular weight is 345 g/mol. The Labute approximate surface area is 142 Å². The van der Waals surface area contributed by atoms with Crippen LogP contribution < -0.4 is 10.0 Å². The molecule has 0 spiro atoms. The van der Waals surface area contributed by atoms with Gasteiger partial charge in [-0.2, -0.15) is 0 Å². The minimum absolute atomic E-state index is 0.248. The Morgan fingerprint density at radius 2 is 2.21 bits per heavy atom. The van der Waals surface area contributed by atoms with Crippen molar-refractivity contribution < 1.29 is 9.90 Å². The number of carbonyl (C=O) groups is 1. The molecule has 2 aromatic heterocycles. The lowest BCUT2D eigenvalue weighted by molar-refractivity contribution is 0.101. The van der Waals surface area contributed by atoms with Gasteiger partial charge in [0.15, 0.2) is 0 Å². The molecule has 24 heavy (non-hydrogen) atoms. The first-order valence-corrected chi connectivity index (χ1v) is 8.68. The quantitative estimate of drug-likeness (QED) is 0.680. The molecule has 3 atom stereocenters. The average Bonchev–Trinajstić information content (AvgIpc) is 2.79. The van der Waals surface area contributed by atoms with Crippen LogP contribution in [0.25, 0.3) is 6.08 Å². The van der Waals surface area contributed by atoms with E-state index in [1.807, 2.05) is 6.08 Å². The van der Waals surface area contributed by atoms with Crippen molar-refractivity contribution in [2.45, 2.75) is 24.0 Å². The second-order valence-corrected chi connectivity index (χ2v) is 6.89. The Hall–Kier alpha value is -2.29. The first kappa shape index (κ1) is 16.6. The van der Waals surface area contributed by atoms with Crippen LogP contribution in [-0.2, 0) is 17.9 Å². The summed E-state index contributed by atoms with van der Waals surface area (Å²) in [6.07, 6.45) is 8.00. The summed E-state index contributed by atoms with van der Waals surface area (Å²) < 4.78 is 13.1. The predicted molar refractivity (Wildman–Crippen MR) is 93.6 cm³/mol. The second-order valence-electron chi connectivity index (χ2n) is 5.61. The third-order valence-corrected chi connectivity index (χ3v) is 5.07. The summed E-state index contributed by atoms with van der Waals surface area (Å²) in [5, 5.41) is 12.6. The number of hydrogen-bond acceptors (Lipinski definition) is 4. The topological polar surface area (TPSA) is 103 Å². The number of hydrogen-bond donors (Lipinski definition) is 4. The van der Waals surface area contributed by atoms with Gasteiger partial charge in [0, 0.05) is 36.9 Å². The maximum absolute atomic E-state index is 12.7. The molecule has 0 radical (unpaired) electrons. The highest BCUT2D eigenvalue weighted by atomic mass is 32.2. The lowest BCUT2D eigenvalue weighted by Gasteiger charge is -2.16. The van der Waals surface area contributed by atoms with Crippen LogP contribution in [0.15, 0.2) is 41.7 Å². The predicted octanol–water partition coefficient (Wildman–Crippen LogP) is 1.69. The maximum atomic E-state index is 12.7. The van der Waals surface area contributed by atoms with Gasteiger partial charge in [-0.3, -0.25) is 14.6 Å². The Morgan fingerprint density at radius 1 is 1.50 bits per heavy atom. The lowest BCUT2D eigenvalue weighted by Crippen LogP contribution is -2.36. The molecule has 2 aromatic rings. The van der Waals surface area contributed by atoms with Crippen LogP contribution in [0.4, 0.5) is 5.69 Å². The number of pyridine rings is 1. The molecule has 1 aliphatic rings. The zero-order valence-electron chi connectivity index (χ0n) is 13.4. The monoisotopic (exact) mass is 345 g/mol. The molecule has 3 rings (SSSR count). The standard InChI is InChI=1S/C16H19N5O2S/c1-10(22)13-4-3-12-14(24(17)20-13)9-21(2)15(12)16(23)19-11-5-7-18-8-6-11/h3-10,13,22H,1-2H3,(H2,17,20)(H,18,19,23). The first-order valence-electron chi connectivity index (χ1n) is 7.46. The van der Waals surface area contributed by atoms with E-state index in [0.29, 0.717) is 16.9 Å². The minimum Gasteiger partial charge on any atom is -0.391 e. The van der Waals surface area contributed by atoms with Gasteiger partial charge < -0.3 is 15.0 Å². The van der Waals surface area contributed by atoms with Crippen LogP contribution in [0, 0.1) is 4.78 Å². The van der Waals surface area contributed by atoms with Gasteiger partial charge in [-0.1, -0.05) is 12.2 Å². The number of aliphatic hydroxyl groups excluding tert-OH is 1. The summed E-state index contributed by atoms with van der Waals surface area (Å²) in [5.74, 6) is -0.248. The number of aryl methyl sites for hydroxylation is 1. The molecule has 0 saturated carbocycles.